The number of hydrogen-bond acceptors (Lipinski definition) is 7. The lowest BCUT2D eigenvalue weighted by atomic mass is 9.95. The van der Waals surface area contributed by atoms with E-state index in [9.17, 15) is 14.7 Å². The molecule has 0 spiro atoms. The van der Waals surface area contributed by atoms with Gasteiger partial charge in [0.15, 0.2) is 22.9 Å². The maximum atomic E-state index is 13.8. The van der Waals surface area contributed by atoms with Crippen LogP contribution < -0.4 is 9.47 Å². The lowest BCUT2D eigenvalue weighted by Crippen LogP contribution is -2.30. The van der Waals surface area contributed by atoms with Crippen LogP contribution in [0.2, 0.25) is 5.02 Å². The van der Waals surface area contributed by atoms with Crippen LogP contribution in [0.3, 0.4) is 0 Å². The predicted molar refractivity (Wildman–Crippen MR) is 132 cm³/mol. The van der Waals surface area contributed by atoms with Gasteiger partial charge in [0.2, 0.25) is 5.78 Å². The van der Waals surface area contributed by atoms with Crippen LogP contribution in [0.1, 0.15) is 27.7 Å². The van der Waals surface area contributed by atoms with Crippen molar-refractivity contribution in [1.29, 1.82) is 0 Å². The number of aromatic nitrogens is 1. The second kappa shape index (κ2) is 9.39. The van der Waals surface area contributed by atoms with Crippen molar-refractivity contribution in [1.82, 2.24) is 9.88 Å². The number of aliphatic hydroxyl groups excluding tert-OH is 1. The summed E-state index contributed by atoms with van der Waals surface area (Å²) < 4.78 is 16.6. The molecule has 2 aromatic heterocycles. The van der Waals surface area contributed by atoms with Gasteiger partial charge in [0.25, 0.3) is 5.91 Å². The number of carbonyl (C=O) groups is 2. The molecule has 2 aromatic carbocycles. The molecule has 36 heavy (non-hydrogen) atoms. The number of nitrogens with zero attached hydrogens (tertiary/aromatic N) is 2. The summed E-state index contributed by atoms with van der Waals surface area (Å²) in [6.45, 7) is 0.0975. The van der Waals surface area contributed by atoms with Crippen molar-refractivity contribution < 1.29 is 28.6 Å². The van der Waals surface area contributed by atoms with E-state index in [1.54, 1.807) is 42.7 Å². The number of ether oxygens (including phenoxy) is 2. The standard InChI is InChI=1S/C27H21ClN2O6/c1-34-19-6-4-3-5-16(19)14-30-23(15-7-9-29-10-8-15)22(25(32)27(30)33)24(31)20-12-17-11-18(28)13-21(35-2)26(17)36-20/h3-13,23,32H,14H2,1-2H3. The van der Waals surface area contributed by atoms with Crippen LogP contribution in [-0.2, 0) is 11.3 Å². The van der Waals surface area contributed by atoms with Gasteiger partial charge in [0.1, 0.15) is 5.75 Å². The normalized spacial score (nSPS) is 15.6. The molecule has 0 bridgehead atoms. The molecule has 0 aliphatic carbocycles. The van der Waals surface area contributed by atoms with Crippen molar-refractivity contribution in [2.45, 2.75) is 12.6 Å². The van der Waals surface area contributed by atoms with E-state index in [4.69, 9.17) is 25.5 Å². The van der Waals surface area contributed by atoms with E-state index >= 15 is 0 Å². The highest BCUT2D eigenvalue weighted by Gasteiger charge is 2.44. The Hall–Kier alpha value is -4.30. The van der Waals surface area contributed by atoms with Gasteiger partial charge in [-0.25, -0.2) is 0 Å². The highest BCUT2D eigenvalue weighted by molar-refractivity contribution is 6.31. The molecule has 0 saturated heterocycles. The Morgan fingerprint density at radius 1 is 1.08 bits per heavy atom. The van der Waals surface area contributed by atoms with Crippen LogP contribution in [0.25, 0.3) is 11.0 Å². The van der Waals surface area contributed by atoms with Crippen LogP contribution in [0.5, 0.6) is 11.5 Å². The molecule has 1 N–H and O–H groups in total. The van der Waals surface area contributed by atoms with Crippen molar-refractivity contribution in [3.05, 3.63) is 100 Å². The molecule has 1 aliphatic rings. The summed E-state index contributed by atoms with van der Waals surface area (Å²) in [5.41, 5.74) is 1.57. The number of halogens is 1. The minimum Gasteiger partial charge on any atom is -0.503 e. The van der Waals surface area contributed by atoms with Crippen LogP contribution in [0.15, 0.2) is 82.7 Å². The van der Waals surface area contributed by atoms with Crippen LogP contribution in [0, 0.1) is 0 Å². The molecule has 5 rings (SSSR count). The van der Waals surface area contributed by atoms with Crippen LogP contribution >= 0.6 is 11.6 Å². The molecule has 1 amide bonds. The number of aliphatic hydroxyl groups is 1. The number of methoxy groups -OCH3 is 2. The fourth-order valence-corrected chi connectivity index (χ4v) is 4.66. The molecule has 1 unspecified atom stereocenters. The molecule has 0 fully saturated rings. The summed E-state index contributed by atoms with van der Waals surface area (Å²) in [6, 6.07) is 14.5. The van der Waals surface area contributed by atoms with E-state index < -0.39 is 23.5 Å². The first-order valence-electron chi connectivity index (χ1n) is 11.0. The van der Waals surface area contributed by atoms with Crippen LogP contribution in [-0.4, -0.2) is 40.9 Å². The number of hydrogen-bond donors (Lipinski definition) is 1. The number of amides is 1. The largest absolute Gasteiger partial charge is 0.503 e. The maximum Gasteiger partial charge on any atom is 0.290 e. The summed E-state index contributed by atoms with van der Waals surface area (Å²) in [5.74, 6) is -1.05. The van der Waals surface area contributed by atoms with Gasteiger partial charge < -0.3 is 23.9 Å². The Kier molecular flexibility index (Phi) is 6.12. The third-order valence-corrected chi connectivity index (χ3v) is 6.31. The molecule has 4 aromatic rings. The topological polar surface area (TPSA) is 102 Å². The summed E-state index contributed by atoms with van der Waals surface area (Å²) in [4.78, 5) is 32.5. The average molecular weight is 505 g/mol. The zero-order valence-electron chi connectivity index (χ0n) is 19.4. The Labute approximate surface area is 211 Å². The first kappa shape index (κ1) is 23.4. The molecular weight excluding hydrogens is 484 g/mol. The number of pyridine rings is 1. The van der Waals surface area contributed by atoms with Gasteiger partial charge in [-0.1, -0.05) is 29.8 Å². The van der Waals surface area contributed by atoms with Crippen molar-refractivity contribution in [2.24, 2.45) is 0 Å². The first-order chi connectivity index (χ1) is 17.4. The summed E-state index contributed by atoms with van der Waals surface area (Å²) in [7, 11) is 3.01. The monoisotopic (exact) mass is 504 g/mol. The third-order valence-electron chi connectivity index (χ3n) is 6.09. The number of Topliss-reactive ketones (excluding diaryl/α,β-unsaturated/α-hetero) is 1. The molecule has 9 heteroatoms. The number of para-hydroxylation sites is 1. The van der Waals surface area contributed by atoms with E-state index in [1.165, 1.54) is 25.2 Å². The average Bonchev–Trinajstić information content (AvgIpc) is 3.43. The van der Waals surface area contributed by atoms with Crippen LogP contribution in [0.4, 0.5) is 0 Å². The van der Waals surface area contributed by atoms with Gasteiger partial charge in [-0.3, -0.25) is 14.6 Å². The third kappa shape index (κ3) is 3.95. The number of rotatable bonds is 7. The summed E-state index contributed by atoms with van der Waals surface area (Å²) in [6.07, 6.45) is 3.12. The van der Waals surface area contributed by atoms with Gasteiger partial charge in [0, 0.05) is 34.4 Å². The van der Waals surface area contributed by atoms with Gasteiger partial charge in [-0.05, 0) is 35.9 Å². The summed E-state index contributed by atoms with van der Waals surface area (Å²) >= 11 is 6.16. The number of benzene rings is 2. The number of carbonyl (C=O) groups excluding carboxylic acids is 2. The smallest absolute Gasteiger partial charge is 0.290 e. The van der Waals surface area contributed by atoms with Gasteiger partial charge >= 0.3 is 0 Å². The van der Waals surface area contributed by atoms with E-state index in [2.05, 4.69) is 4.98 Å². The second-order valence-corrected chi connectivity index (χ2v) is 8.59. The highest BCUT2D eigenvalue weighted by atomic mass is 35.5. The Bertz CT molecular complexity index is 1510. The minimum absolute atomic E-state index is 0.0573. The van der Waals surface area contributed by atoms with E-state index in [0.29, 0.717) is 33.1 Å². The summed E-state index contributed by atoms with van der Waals surface area (Å²) in [5, 5.41) is 11.9. The predicted octanol–water partition coefficient (Wildman–Crippen LogP) is 5.28. The van der Waals surface area contributed by atoms with Gasteiger partial charge in [0.05, 0.1) is 32.4 Å². The number of furan rings is 1. The SMILES string of the molecule is COc1ccccc1CN1C(=O)C(O)=C(C(=O)c2cc3cc(Cl)cc(OC)c3o2)C1c1ccncc1. The zero-order valence-corrected chi connectivity index (χ0v) is 20.2. The van der Waals surface area contributed by atoms with Crippen molar-refractivity contribution in [2.75, 3.05) is 14.2 Å². The van der Waals surface area contributed by atoms with Gasteiger partial charge in [-0.15, -0.1) is 0 Å². The van der Waals surface area contributed by atoms with E-state index in [0.717, 1.165) is 5.56 Å². The minimum atomic E-state index is -0.878. The molecule has 1 atom stereocenters. The molecule has 182 valence electrons. The molecule has 0 saturated carbocycles. The van der Waals surface area contributed by atoms with Crippen molar-refractivity contribution >= 4 is 34.3 Å². The Morgan fingerprint density at radius 3 is 2.53 bits per heavy atom. The van der Waals surface area contributed by atoms with E-state index in [1.807, 2.05) is 18.2 Å². The lowest BCUT2D eigenvalue weighted by Gasteiger charge is -2.27. The lowest BCUT2D eigenvalue weighted by molar-refractivity contribution is -0.130. The fourth-order valence-electron chi connectivity index (χ4n) is 4.44. The van der Waals surface area contributed by atoms with Crippen molar-refractivity contribution in [3.8, 4) is 11.5 Å². The fraction of sp³-hybridized carbons (Fsp3) is 0.148. The Balaban J connectivity index is 1.61. The van der Waals surface area contributed by atoms with Gasteiger partial charge in [-0.2, -0.15) is 0 Å². The Morgan fingerprint density at radius 2 is 1.81 bits per heavy atom. The quantitative estimate of drug-likeness (QED) is 0.342. The zero-order chi connectivity index (χ0) is 25.4. The van der Waals surface area contributed by atoms with Crippen molar-refractivity contribution in [3.63, 3.8) is 0 Å². The van der Waals surface area contributed by atoms with E-state index in [-0.39, 0.29) is 17.9 Å². The maximum absolute atomic E-state index is 13.8. The molecule has 0 radical (unpaired) electrons. The second-order valence-electron chi connectivity index (χ2n) is 8.16. The molecule has 3 heterocycles. The molecule has 8 nitrogen and oxygen atoms in total. The first-order valence-corrected chi connectivity index (χ1v) is 11.4. The number of fused-ring (bicyclic) bond motifs is 1. The number of ketones is 1. The molecule has 1 aliphatic heterocycles. The highest BCUT2D eigenvalue weighted by Crippen LogP contribution is 2.42. The molecular formula is C27H21ClN2O6.